The minimum Gasteiger partial charge on any atom is -0.436 e. The number of benzene rings is 1. The van der Waals surface area contributed by atoms with Crippen LogP contribution in [0.4, 0.5) is 4.39 Å². The van der Waals surface area contributed by atoms with E-state index in [-0.39, 0.29) is 16.9 Å². The van der Waals surface area contributed by atoms with E-state index in [0.717, 1.165) is 12.5 Å². The minimum atomic E-state index is -0.748. The van der Waals surface area contributed by atoms with E-state index in [1.54, 1.807) is 12.1 Å². The van der Waals surface area contributed by atoms with Gasteiger partial charge in [-0.15, -0.1) is 0 Å². The van der Waals surface area contributed by atoms with Crippen LogP contribution in [0.1, 0.15) is 43.1 Å². The lowest BCUT2D eigenvalue weighted by molar-refractivity contribution is 0.0903. The Morgan fingerprint density at radius 2 is 1.96 bits per heavy atom. The SMILES string of the molecule is CCC(C)(C)c1ccc(Oc2ncc(C(=O)CO)cc2F)cc1. The predicted octanol–water partition coefficient (Wildman–Crippen LogP) is 3.88. The second kappa shape index (κ2) is 6.87. The van der Waals surface area contributed by atoms with Crippen molar-refractivity contribution in [1.29, 1.82) is 0 Å². The number of ketones is 1. The van der Waals surface area contributed by atoms with Crippen LogP contribution in [0.25, 0.3) is 0 Å². The second-order valence-electron chi connectivity index (χ2n) is 5.96. The summed E-state index contributed by atoms with van der Waals surface area (Å²) in [4.78, 5) is 15.1. The summed E-state index contributed by atoms with van der Waals surface area (Å²) < 4.78 is 19.4. The van der Waals surface area contributed by atoms with Gasteiger partial charge in [0, 0.05) is 11.8 Å². The number of aliphatic hydroxyl groups is 1. The van der Waals surface area contributed by atoms with Crippen LogP contribution in [0.5, 0.6) is 11.6 Å². The molecule has 1 aromatic carbocycles. The molecule has 0 fully saturated rings. The van der Waals surface area contributed by atoms with Gasteiger partial charge >= 0.3 is 0 Å². The molecule has 0 aliphatic carbocycles. The average Bonchev–Trinajstić information content (AvgIpc) is 2.56. The lowest BCUT2D eigenvalue weighted by Gasteiger charge is -2.23. The van der Waals surface area contributed by atoms with Crippen LogP contribution in [-0.4, -0.2) is 22.5 Å². The van der Waals surface area contributed by atoms with Crippen molar-refractivity contribution in [2.75, 3.05) is 6.61 Å². The van der Waals surface area contributed by atoms with Gasteiger partial charge in [0.05, 0.1) is 0 Å². The van der Waals surface area contributed by atoms with Crippen molar-refractivity contribution >= 4 is 5.78 Å². The third-order valence-corrected chi connectivity index (χ3v) is 4.01. The molecule has 0 saturated heterocycles. The van der Waals surface area contributed by atoms with E-state index in [2.05, 4.69) is 25.8 Å². The molecule has 0 spiro atoms. The maximum atomic E-state index is 13.9. The van der Waals surface area contributed by atoms with E-state index in [4.69, 9.17) is 9.84 Å². The van der Waals surface area contributed by atoms with E-state index >= 15 is 0 Å². The van der Waals surface area contributed by atoms with Gasteiger partial charge in [-0.3, -0.25) is 4.79 Å². The van der Waals surface area contributed by atoms with Crippen LogP contribution in [0.15, 0.2) is 36.5 Å². The largest absolute Gasteiger partial charge is 0.436 e. The average molecular weight is 317 g/mol. The quantitative estimate of drug-likeness (QED) is 0.822. The molecular weight excluding hydrogens is 297 g/mol. The molecule has 2 rings (SSSR count). The number of carbonyl (C=O) groups is 1. The number of halogens is 1. The molecule has 23 heavy (non-hydrogen) atoms. The molecule has 0 atom stereocenters. The highest BCUT2D eigenvalue weighted by atomic mass is 19.1. The third kappa shape index (κ3) is 3.93. The van der Waals surface area contributed by atoms with Crippen LogP contribution in [0.3, 0.4) is 0 Å². The van der Waals surface area contributed by atoms with E-state index in [1.807, 2.05) is 12.1 Å². The van der Waals surface area contributed by atoms with Crippen LogP contribution in [-0.2, 0) is 5.41 Å². The third-order valence-electron chi connectivity index (χ3n) is 4.01. The van der Waals surface area contributed by atoms with E-state index in [9.17, 15) is 9.18 Å². The number of aromatic nitrogens is 1. The first kappa shape index (κ1) is 17.1. The van der Waals surface area contributed by atoms with Crippen LogP contribution in [0, 0.1) is 5.82 Å². The molecule has 1 N–H and O–H groups in total. The molecule has 122 valence electrons. The van der Waals surface area contributed by atoms with Crippen molar-refractivity contribution in [3.63, 3.8) is 0 Å². The van der Waals surface area contributed by atoms with Crippen molar-refractivity contribution in [2.45, 2.75) is 32.6 Å². The molecule has 0 aliphatic rings. The predicted molar refractivity (Wildman–Crippen MR) is 85.4 cm³/mol. The van der Waals surface area contributed by atoms with Crippen LogP contribution in [0.2, 0.25) is 0 Å². The molecule has 1 heterocycles. The smallest absolute Gasteiger partial charge is 0.255 e. The Labute approximate surface area is 134 Å². The van der Waals surface area contributed by atoms with Crippen LogP contribution < -0.4 is 4.74 Å². The van der Waals surface area contributed by atoms with Gasteiger partial charge in [-0.25, -0.2) is 9.37 Å². The fraction of sp³-hybridized carbons (Fsp3) is 0.333. The van der Waals surface area contributed by atoms with Crippen molar-refractivity contribution < 1.29 is 19.0 Å². The molecule has 1 aromatic heterocycles. The van der Waals surface area contributed by atoms with Crippen molar-refractivity contribution in [1.82, 2.24) is 4.98 Å². The Kier molecular flexibility index (Phi) is 5.11. The zero-order valence-corrected chi connectivity index (χ0v) is 13.5. The first-order valence-electron chi connectivity index (χ1n) is 7.45. The Balaban J connectivity index is 2.18. The highest BCUT2D eigenvalue weighted by Crippen LogP contribution is 2.29. The Morgan fingerprint density at radius 3 is 2.48 bits per heavy atom. The molecular formula is C18H20FNO3. The number of hydrogen-bond donors (Lipinski definition) is 1. The van der Waals surface area contributed by atoms with Crippen molar-refractivity contribution in [3.05, 3.63) is 53.5 Å². The van der Waals surface area contributed by atoms with Gasteiger partial charge in [0.1, 0.15) is 12.4 Å². The summed E-state index contributed by atoms with van der Waals surface area (Å²) in [6.07, 6.45) is 2.19. The fourth-order valence-electron chi connectivity index (χ4n) is 2.03. The van der Waals surface area contributed by atoms with Gasteiger partial charge in [0.25, 0.3) is 5.88 Å². The molecule has 5 heteroatoms. The highest BCUT2D eigenvalue weighted by molar-refractivity contribution is 5.96. The van der Waals surface area contributed by atoms with Gasteiger partial charge in [-0.1, -0.05) is 32.9 Å². The lowest BCUT2D eigenvalue weighted by Crippen LogP contribution is -2.14. The number of carbonyl (C=O) groups excluding carboxylic acids is 1. The van der Waals surface area contributed by atoms with E-state index < -0.39 is 18.2 Å². The highest BCUT2D eigenvalue weighted by Gasteiger charge is 2.18. The fourth-order valence-corrected chi connectivity index (χ4v) is 2.03. The minimum absolute atomic E-state index is 0.0115. The molecule has 0 amide bonds. The molecule has 0 radical (unpaired) electrons. The Morgan fingerprint density at radius 1 is 1.30 bits per heavy atom. The zero-order valence-electron chi connectivity index (χ0n) is 13.5. The summed E-state index contributed by atoms with van der Waals surface area (Å²) in [5.74, 6) is -1.08. The zero-order chi connectivity index (χ0) is 17.0. The number of nitrogens with zero attached hydrogens (tertiary/aromatic N) is 1. The van der Waals surface area contributed by atoms with Crippen molar-refractivity contribution in [2.24, 2.45) is 0 Å². The molecule has 0 aliphatic heterocycles. The standard InChI is InChI=1S/C18H20FNO3/c1-4-18(2,3)13-5-7-14(8-6-13)23-17-15(19)9-12(10-20-17)16(22)11-21/h5-10,21H,4,11H2,1-3H3. The molecule has 4 nitrogen and oxygen atoms in total. The van der Waals surface area contributed by atoms with E-state index in [1.165, 1.54) is 11.8 Å². The van der Waals surface area contributed by atoms with Gasteiger partial charge in [0.2, 0.25) is 0 Å². The monoisotopic (exact) mass is 317 g/mol. The number of aliphatic hydroxyl groups excluding tert-OH is 1. The molecule has 0 saturated carbocycles. The van der Waals surface area contributed by atoms with Gasteiger partial charge in [0.15, 0.2) is 11.6 Å². The summed E-state index contributed by atoms with van der Waals surface area (Å²) in [5.41, 5.74) is 1.25. The first-order valence-corrected chi connectivity index (χ1v) is 7.45. The van der Waals surface area contributed by atoms with Gasteiger partial charge in [-0.2, -0.15) is 0 Å². The normalized spacial score (nSPS) is 11.3. The molecule has 0 bridgehead atoms. The number of Topliss-reactive ketones (excluding diaryl/α,β-unsaturated/α-hetero) is 1. The molecule has 2 aromatic rings. The second-order valence-corrected chi connectivity index (χ2v) is 5.96. The summed E-state index contributed by atoms with van der Waals surface area (Å²) in [6.45, 7) is 5.75. The summed E-state index contributed by atoms with van der Waals surface area (Å²) >= 11 is 0. The van der Waals surface area contributed by atoms with Crippen LogP contribution >= 0.6 is 0 Å². The maximum Gasteiger partial charge on any atom is 0.255 e. The Bertz CT molecular complexity index is 696. The first-order chi connectivity index (χ1) is 10.9. The summed E-state index contributed by atoms with van der Waals surface area (Å²) in [5, 5.41) is 8.76. The number of hydrogen-bond acceptors (Lipinski definition) is 4. The van der Waals surface area contributed by atoms with Gasteiger partial charge < -0.3 is 9.84 Å². The topological polar surface area (TPSA) is 59.4 Å². The number of ether oxygens (including phenoxy) is 1. The molecule has 0 unspecified atom stereocenters. The Hall–Kier alpha value is -2.27. The number of rotatable bonds is 6. The van der Waals surface area contributed by atoms with E-state index in [0.29, 0.717) is 5.75 Å². The number of pyridine rings is 1. The van der Waals surface area contributed by atoms with Crippen molar-refractivity contribution in [3.8, 4) is 11.6 Å². The maximum absolute atomic E-state index is 13.9. The summed E-state index contributed by atoms with van der Waals surface area (Å²) in [7, 11) is 0. The lowest BCUT2D eigenvalue weighted by atomic mass is 9.82. The summed E-state index contributed by atoms with van der Waals surface area (Å²) in [6, 6.07) is 8.43. The van der Waals surface area contributed by atoms with Gasteiger partial charge in [-0.05, 0) is 35.6 Å².